The Labute approximate surface area is 88.0 Å². The number of methoxy groups -OCH3 is 1. The van der Waals surface area contributed by atoms with Gasteiger partial charge in [0.05, 0.1) is 12.7 Å². The summed E-state index contributed by atoms with van der Waals surface area (Å²) in [6.45, 7) is 0. The lowest BCUT2D eigenvalue weighted by Gasteiger charge is -2.12. The Hall–Kier alpha value is -0.710. The molecule has 0 heterocycles. The Morgan fingerprint density at radius 2 is 2.00 bits per heavy atom. The first-order valence-electron chi connectivity index (χ1n) is 3.79. The van der Waals surface area contributed by atoms with E-state index in [2.05, 4.69) is 20.7 Å². The molecule has 0 unspecified atom stereocenters. The lowest BCUT2D eigenvalue weighted by molar-refractivity contribution is -0.138. The minimum Gasteiger partial charge on any atom is -0.496 e. The van der Waals surface area contributed by atoms with Gasteiger partial charge in [0.1, 0.15) is 5.75 Å². The topological polar surface area (TPSA) is 9.23 Å². The minimum absolute atomic E-state index is 0.144. The number of benzene rings is 1. The van der Waals surface area contributed by atoms with Crippen molar-refractivity contribution in [3.05, 3.63) is 29.3 Å². The van der Waals surface area contributed by atoms with Crippen molar-refractivity contribution in [3.8, 4) is 5.75 Å². The van der Waals surface area contributed by atoms with E-state index in [9.17, 15) is 13.2 Å². The van der Waals surface area contributed by atoms with Gasteiger partial charge in [-0.2, -0.15) is 13.2 Å². The molecule has 1 aromatic rings. The van der Waals surface area contributed by atoms with Gasteiger partial charge in [-0.05, 0) is 17.7 Å². The Balaban J connectivity index is 3.18. The molecule has 1 nitrogen and oxygen atoms in total. The Morgan fingerprint density at radius 3 is 2.43 bits per heavy atom. The predicted octanol–water partition coefficient (Wildman–Crippen LogP) is 3.61. The molecule has 0 aliphatic heterocycles. The molecule has 0 atom stereocenters. The first-order chi connectivity index (χ1) is 6.49. The van der Waals surface area contributed by atoms with Gasteiger partial charge in [0.25, 0.3) is 0 Å². The molecule has 1 aromatic carbocycles. The van der Waals surface area contributed by atoms with E-state index in [-0.39, 0.29) is 5.75 Å². The number of hydrogen-bond donors (Lipinski definition) is 0. The van der Waals surface area contributed by atoms with Gasteiger partial charge in [-0.3, -0.25) is 0 Å². The SMILES string of the molecule is COc1cc(CBr)ccc1C(F)(F)F. The maximum absolute atomic E-state index is 12.4. The third-order valence-electron chi connectivity index (χ3n) is 1.73. The molecule has 0 saturated carbocycles. The van der Waals surface area contributed by atoms with Crippen LogP contribution in [0.2, 0.25) is 0 Å². The van der Waals surface area contributed by atoms with Crippen LogP contribution in [0.3, 0.4) is 0 Å². The van der Waals surface area contributed by atoms with Crippen molar-refractivity contribution in [1.82, 2.24) is 0 Å². The number of hydrogen-bond acceptors (Lipinski definition) is 1. The van der Waals surface area contributed by atoms with Gasteiger partial charge >= 0.3 is 6.18 Å². The van der Waals surface area contributed by atoms with Crippen LogP contribution in [0.25, 0.3) is 0 Å². The molecule has 0 aliphatic carbocycles. The summed E-state index contributed by atoms with van der Waals surface area (Å²) in [5.41, 5.74) is -0.000417. The third-order valence-corrected chi connectivity index (χ3v) is 2.37. The van der Waals surface area contributed by atoms with E-state index in [0.29, 0.717) is 5.33 Å². The highest BCUT2D eigenvalue weighted by molar-refractivity contribution is 9.08. The van der Waals surface area contributed by atoms with Crippen LogP contribution in [-0.2, 0) is 11.5 Å². The molecule has 0 spiro atoms. The Morgan fingerprint density at radius 1 is 1.36 bits per heavy atom. The zero-order valence-corrected chi connectivity index (χ0v) is 8.95. The fourth-order valence-corrected chi connectivity index (χ4v) is 1.40. The van der Waals surface area contributed by atoms with Crippen LogP contribution >= 0.6 is 15.9 Å². The maximum atomic E-state index is 12.4. The molecule has 0 fully saturated rings. The first kappa shape index (κ1) is 11.4. The lowest BCUT2D eigenvalue weighted by Crippen LogP contribution is -2.07. The summed E-state index contributed by atoms with van der Waals surface area (Å²) in [6, 6.07) is 3.81. The maximum Gasteiger partial charge on any atom is 0.419 e. The third kappa shape index (κ3) is 2.41. The van der Waals surface area contributed by atoms with Crippen molar-refractivity contribution in [2.75, 3.05) is 7.11 Å². The molecule has 0 saturated heterocycles. The summed E-state index contributed by atoms with van der Waals surface area (Å²) in [6.07, 6.45) is -4.36. The molecule has 0 amide bonds. The smallest absolute Gasteiger partial charge is 0.419 e. The predicted molar refractivity (Wildman–Crippen MR) is 50.6 cm³/mol. The fraction of sp³-hybridized carbons (Fsp3) is 0.333. The number of rotatable bonds is 2. The van der Waals surface area contributed by atoms with Crippen molar-refractivity contribution in [3.63, 3.8) is 0 Å². The van der Waals surface area contributed by atoms with E-state index < -0.39 is 11.7 Å². The highest BCUT2D eigenvalue weighted by atomic mass is 79.9. The lowest BCUT2D eigenvalue weighted by atomic mass is 10.1. The van der Waals surface area contributed by atoms with E-state index in [0.717, 1.165) is 11.6 Å². The Kier molecular flexibility index (Phi) is 3.42. The highest BCUT2D eigenvalue weighted by Gasteiger charge is 2.34. The van der Waals surface area contributed by atoms with Gasteiger partial charge in [0, 0.05) is 5.33 Å². The van der Waals surface area contributed by atoms with Crippen LogP contribution in [-0.4, -0.2) is 7.11 Å². The van der Waals surface area contributed by atoms with Crippen molar-refractivity contribution < 1.29 is 17.9 Å². The van der Waals surface area contributed by atoms with E-state index >= 15 is 0 Å². The molecule has 5 heteroatoms. The van der Waals surface area contributed by atoms with E-state index in [1.807, 2.05) is 0 Å². The van der Waals surface area contributed by atoms with Crippen molar-refractivity contribution in [1.29, 1.82) is 0 Å². The quantitative estimate of drug-likeness (QED) is 0.745. The molecule has 0 bridgehead atoms. The van der Waals surface area contributed by atoms with Crippen LogP contribution in [0.1, 0.15) is 11.1 Å². The highest BCUT2D eigenvalue weighted by Crippen LogP contribution is 2.36. The first-order valence-corrected chi connectivity index (χ1v) is 4.91. The Bertz CT molecular complexity index is 322. The summed E-state index contributed by atoms with van der Waals surface area (Å²) in [4.78, 5) is 0. The van der Waals surface area contributed by atoms with Gasteiger partial charge in [0.15, 0.2) is 0 Å². The summed E-state index contributed by atoms with van der Waals surface area (Å²) in [5, 5.41) is 0.501. The van der Waals surface area contributed by atoms with E-state index in [1.54, 1.807) is 0 Å². The van der Waals surface area contributed by atoms with E-state index in [4.69, 9.17) is 0 Å². The van der Waals surface area contributed by atoms with Gasteiger partial charge in [-0.25, -0.2) is 0 Å². The van der Waals surface area contributed by atoms with Crippen molar-refractivity contribution >= 4 is 15.9 Å². The number of alkyl halides is 4. The average Bonchev–Trinajstić information content (AvgIpc) is 2.15. The normalized spacial score (nSPS) is 11.5. The zero-order valence-electron chi connectivity index (χ0n) is 7.36. The van der Waals surface area contributed by atoms with Crippen LogP contribution < -0.4 is 4.74 Å². The second-order valence-corrected chi connectivity index (χ2v) is 3.23. The summed E-state index contributed by atoms with van der Waals surface area (Å²) in [7, 11) is 1.22. The molecule has 78 valence electrons. The van der Waals surface area contributed by atoms with Crippen LogP contribution in [0.15, 0.2) is 18.2 Å². The molecule has 0 aliphatic rings. The molecular formula is C9H8BrF3O. The summed E-state index contributed by atoms with van der Waals surface area (Å²) < 4.78 is 41.8. The standard InChI is InChI=1S/C9H8BrF3O/c1-14-8-4-6(5-10)2-3-7(8)9(11,12)13/h2-4H,5H2,1H3. The van der Waals surface area contributed by atoms with Gasteiger partial charge in [-0.15, -0.1) is 0 Å². The van der Waals surface area contributed by atoms with E-state index in [1.165, 1.54) is 19.2 Å². The molecule has 0 N–H and O–H groups in total. The van der Waals surface area contributed by atoms with Gasteiger partial charge in [-0.1, -0.05) is 22.0 Å². The van der Waals surface area contributed by atoms with Crippen LogP contribution in [0, 0.1) is 0 Å². The van der Waals surface area contributed by atoms with Crippen LogP contribution in [0.5, 0.6) is 5.75 Å². The van der Waals surface area contributed by atoms with Crippen molar-refractivity contribution in [2.45, 2.75) is 11.5 Å². The zero-order chi connectivity index (χ0) is 10.8. The van der Waals surface area contributed by atoms with Gasteiger partial charge < -0.3 is 4.74 Å². The molecular weight excluding hydrogens is 261 g/mol. The minimum atomic E-state index is -4.36. The van der Waals surface area contributed by atoms with Crippen LogP contribution in [0.4, 0.5) is 13.2 Å². The number of ether oxygens (including phenoxy) is 1. The summed E-state index contributed by atoms with van der Waals surface area (Å²) >= 11 is 3.16. The second-order valence-electron chi connectivity index (χ2n) is 2.67. The number of halogens is 4. The fourth-order valence-electron chi connectivity index (χ4n) is 1.05. The average molecular weight is 269 g/mol. The second kappa shape index (κ2) is 4.21. The molecule has 1 rings (SSSR count). The summed E-state index contributed by atoms with van der Waals surface area (Å²) in [5.74, 6) is -0.144. The largest absolute Gasteiger partial charge is 0.496 e. The van der Waals surface area contributed by atoms with Gasteiger partial charge in [0.2, 0.25) is 0 Å². The monoisotopic (exact) mass is 268 g/mol. The molecule has 0 aromatic heterocycles. The molecule has 14 heavy (non-hydrogen) atoms. The molecule has 0 radical (unpaired) electrons. The van der Waals surface area contributed by atoms with Crippen molar-refractivity contribution in [2.24, 2.45) is 0 Å².